The number of para-hydroxylation sites is 1. The first-order valence-electron chi connectivity index (χ1n) is 17.9. The lowest BCUT2D eigenvalue weighted by Gasteiger charge is -2.33. The monoisotopic (exact) mass is 679 g/mol. The molecule has 1 heterocycles. The van der Waals surface area contributed by atoms with Crippen LogP contribution in [0.15, 0.2) is 186 Å². The summed E-state index contributed by atoms with van der Waals surface area (Å²) < 4.78 is 11.7. The standard InChI is InChI=1S/C50H33NO2/c1-52-41-28-25-39(26-29-41)51(38-23-20-34(21-24-38)35-22-31-49-45(32-35)44-17-9-11-19-48(44)53-49)40-27-30-43-42-16-8-10-18-46(42)50(47(43)33-40,36-12-4-2-5-13-36)37-14-6-3-7-15-37/h2-6,8-14,16-33H,1H3. The predicted octanol–water partition coefficient (Wildman–Crippen LogP) is 12.7. The largest absolute Gasteiger partial charge is 0.497 e. The number of ether oxygens (including phenoxy) is 1. The van der Waals surface area contributed by atoms with Crippen molar-refractivity contribution in [3.63, 3.8) is 0 Å². The number of nitrogens with zero attached hydrogens (tertiary/aromatic N) is 1. The molecule has 0 aliphatic heterocycles. The number of furan rings is 1. The lowest BCUT2D eigenvalue weighted by Crippen LogP contribution is -2.28. The molecule has 0 saturated carbocycles. The van der Waals surface area contributed by atoms with Gasteiger partial charge >= 0.3 is 0 Å². The quantitative estimate of drug-likeness (QED) is 0.168. The fraction of sp³-hybridized carbons (Fsp3) is 0.0400. The Hall–Kier alpha value is -7.02. The van der Waals surface area contributed by atoms with Gasteiger partial charge in [-0.2, -0.15) is 0 Å². The number of hydrogen-bond acceptors (Lipinski definition) is 3. The van der Waals surface area contributed by atoms with Crippen LogP contribution in [0.3, 0.4) is 0 Å². The Morgan fingerprint density at radius 1 is 0.528 bits per heavy atom. The van der Waals surface area contributed by atoms with Crippen molar-refractivity contribution in [2.75, 3.05) is 12.0 Å². The predicted molar refractivity (Wildman–Crippen MR) is 215 cm³/mol. The van der Waals surface area contributed by atoms with Crippen molar-refractivity contribution in [1.82, 2.24) is 0 Å². The van der Waals surface area contributed by atoms with E-state index in [9.17, 15) is 0 Å². The molecule has 0 amide bonds. The molecule has 8 aromatic carbocycles. The maximum absolute atomic E-state index is 6.11. The highest BCUT2D eigenvalue weighted by Crippen LogP contribution is 2.57. The Morgan fingerprint density at radius 3 is 2.00 bits per heavy atom. The van der Waals surface area contributed by atoms with E-state index in [0.29, 0.717) is 0 Å². The molecule has 0 spiro atoms. The highest BCUT2D eigenvalue weighted by molar-refractivity contribution is 6.06. The average molecular weight is 680 g/mol. The first-order chi connectivity index (χ1) is 26.2. The van der Waals surface area contributed by atoms with Crippen LogP contribution < -0.4 is 9.64 Å². The number of anilines is 3. The fourth-order valence-electron chi connectivity index (χ4n) is 8.31. The van der Waals surface area contributed by atoms with Crippen molar-refractivity contribution in [2.45, 2.75) is 5.41 Å². The van der Waals surface area contributed by atoms with Crippen LogP contribution in [0.2, 0.25) is 0 Å². The van der Waals surface area contributed by atoms with E-state index in [1.165, 1.54) is 27.8 Å². The van der Waals surface area contributed by atoms with Gasteiger partial charge < -0.3 is 14.1 Å². The van der Waals surface area contributed by atoms with Gasteiger partial charge in [-0.3, -0.25) is 0 Å². The zero-order valence-electron chi connectivity index (χ0n) is 29.1. The average Bonchev–Trinajstić information content (AvgIpc) is 3.75. The SMILES string of the molecule is COc1ccc(N(c2ccc(-c3ccc4oc5ccccc5c4c3)cc2)c2ccc3c(c2)C(c2c#cccc2)(c2ccccc2)c2ccccc2-3)cc1. The maximum Gasteiger partial charge on any atom is 0.135 e. The van der Waals surface area contributed by atoms with Crippen LogP contribution in [0.1, 0.15) is 22.3 Å². The molecule has 0 saturated heterocycles. The molecule has 3 nitrogen and oxygen atoms in total. The van der Waals surface area contributed by atoms with Crippen LogP contribution in [0, 0.1) is 12.1 Å². The van der Waals surface area contributed by atoms with Gasteiger partial charge in [0, 0.05) is 33.4 Å². The molecule has 10 rings (SSSR count). The lowest BCUT2D eigenvalue weighted by molar-refractivity contribution is 0.415. The zero-order valence-corrected chi connectivity index (χ0v) is 29.1. The molecule has 0 N–H and O–H groups in total. The third kappa shape index (κ3) is 4.84. The summed E-state index contributed by atoms with van der Waals surface area (Å²) in [7, 11) is 1.70. The zero-order chi connectivity index (χ0) is 35.4. The molecule has 1 aliphatic rings. The van der Waals surface area contributed by atoms with Crippen LogP contribution in [0.25, 0.3) is 44.2 Å². The second-order valence-corrected chi connectivity index (χ2v) is 13.5. The van der Waals surface area contributed by atoms with E-state index in [1.54, 1.807) is 7.11 Å². The fourth-order valence-corrected chi connectivity index (χ4v) is 8.31. The normalized spacial score (nSPS) is 12.6. The summed E-state index contributed by atoms with van der Waals surface area (Å²) in [5.41, 5.74) is 13.8. The summed E-state index contributed by atoms with van der Waals surface area (Å²) in [6.45, 7) is 0. The van der Waals surface area contributed by atoms with Gasteiger partial charge in [0.25, 0.3) is 0 Å². The minimum Gasteiger partial charge on any atom is -0.497 e. The Labute approximate surface area is 309 Å². The van der Waals surface area contributed by atoms with Crippen LogP contribution in [-0.2, 0) is 5.41 Å². The van der Waals surface area contributed by atoms with Crippen molar-refractivity contribution in [2.24, 2.45) is 0 Å². The number of fused-ring (bicyclic) bond motifs is 6. The van der Waals surface area contributed by atoms with Crippen LogP contribution in [-0.4, -0.2) is 7.11 Å². The van der Waals surface area contributed by atoms with Gasteiger partial charge in [0.05, 0.1) is 12.5 Å². The van der Waals surface area contributed by atoms with E-state index in [2.05, 4.69) is 169 Å². The van der Waals surface area contributed by atoms with E-state index >= 15 is 0 Å². The topological polar surface area (TPSA) is 25.6 Å². The summed E-state index contributed by atoms with van der Waals surface area (Å²) >= 11 is 0. The molecule has 1 unspecified atom stereocenters. The van der Waals surface area contributed by atoms with Crippen LogP contribution >= 0.6 is 0 Å². The van der Waals surface area contributed by atoms with E-state index in [0.717, 1.165) is 61.4 Å². The Bertz CT molecular complexity index is 2710. The molecule has 250 valence electrons. The van der Waals surface area contributed by atoms with Gasteiger partial charge in [-0.1, -0.05) is 115 Å². The molecule has 0 radical (unpaired) electrons. The van der Waals surface area contributed by atoms with Gasteiger partial charge in [0.2, 0.25) is 0 Å². The molecular weight excluding hydrogens is 647 g/mol. The number of hydrogen-bond donors (Lipinski definition) is 0. The Morgan fingerprint density at radius 2 is 1.21 bits per heavy atom. The molecule has 0 fully saturated rings. The minimum absolute atomic E-state index is 0.577. The highest BCUT2D eigenvalue weighted by Gasteiger charge is 2.46. The van der Waals surface area contributed by atoms with E-state index in [-0.39, 0.29) is 0 Å². The maximum atomic E-state index is 6.11. The van der Waals surface area contributed by atoms with E-state index in [4.69, 9.17) is 9.15 Å². The Kier molecular flexibility index (Phi) is 7.16. The highest BCUT2D eigenvalue weighted by atomic mass is 16.5. The molecule has 3 heteroatoms. The molecule has 53 heavy (non-hydrogen) atoms. The third-order valence-electron chi connectivity index (χ3n) is 10.7. The molecule has 0 bridgehead atoms. The van der Waals surface area contributed by atoms with Crippen LogP contribution in [0.5, 0.6) is 5.75 Å². The lowest BCUT2D eigenvalue weighted by atomic mass is 9.68. The first-order valence-corrected chi connectivity index (χ1v) is 17.9. The molecule has 1 aliphatic carbocycles. The molecule has 9 aromatic rings. The van der Waals surface area contributed by atoms with Gasteiger partial charge in [0.15, 0.2) is 0 Å². The minimum atomic E-state index is -0.577. The third-order valence-corrected chi connectivity index (χ3v) is 10.7. The van der Waals surface area contributed by atoms with Gasteiger partial charge in [-0.15, -0.1) is 0 Å². The van der Waals surface area contributed by atoms with E-state index < -0.39 is 5.41 Å². The van der Waals surface area contributed by atoms with Crippen molar-refractivity contribution in [3.05, 3.63) is 216 Å². The Balaban J connectivity index is 1.15. The molecule has 1 aromatic heterocycles. The van der Waals surface area contributed by atoms with Gasteiger partial charge in [-0.05, 0) is 118 Å². The number of rotatable bonds is 7. The summed E-state index contributed by atoms with van der Waals surface area (Å²) in [4.78, 5) is 2.33. The second kappa shape index (κ2) is 12.3. The number of methoxy groups -OCH3 is 1. The van der Waals surface area contributed by atoms with E-state index in [1.807, 2.05) is 30.3 Å². The smallest absolute Gasteiger partial charge is 0.135 e. The van der Waals surface area contributed by atoms with Crippen molar-refractivity contribution >= 4 is 39.0 Å². The molecule has 1 atom stereocenters. The summed E-state index contributed by atoms with van der Waals surface area (Å²) in [5.74, 6) is 0.814. The van der Waals surface area contributed by atoms with Crippen molar-refractivity contribution in [1.29, 1.82) is 0 Å². The van der Waals surface area contributed by atoms with Gasteiger partial charge in [0.1, 0.15) is 16.9 Å². The second-order valence-electron chi connectivity index (χ2n) is 13.5. The summed E-state index contributed by atoms with van der Waals surface area (Å²) in [6, 6.07) is 71.3. The summed E-state index contributed by atoms with van der Waals surface area (Å²) in [5, 5.41) is 2.25. The number of benzene rings is 7. The summed E-state index contributed by atoms with van der Waals surface area (Å²) in [6.07, 6.45) is 0. The van der Waals surface area contributed by atoms with Crippen molar-refractivity contribution in [3.8, 4) is 28.0 Å². The first kappa shape index (κ1) is 30.8. The molecular formula is C50H33NO2. The van der Waals surface area contributed by atoms with Gasteiger partial charge in [-0.25, -0.2) is 0 Å². The van der Waals surface area contributed by atoms with Crippen LogP contribution in [0.4, 0.5) is 17.1 Å². The van der Waals surface area contributed by atoms with Crippen molar-refractivity contribution < 1.29 is 9.15 Å².